The molecule has 0 aliphatic carbocycles. The van der Waals surface area contributed by atoms with Crippen molar-refractivity contribution < 1.29 is 18.7 Å². The number of ether oxygens (including phenoxy) is 1. The Balaban J connectivity index is 1.63. The molecule has 0 spiro atoms. The van der Waals surface area contributed by atoms with Crippen LogP contribution < -0.4 is 10.6 Å². The molecule has 29 heavy (non-hydrogen) atoms. The predicted molar refractivity (Wildman–Crippen MR) is 102 cm³/mol. The van der Waals surface area contributed by atoms with Crippen LogP contribution in [0.25, 0.3) is 0 Å². The van der Waals surface area contributed by atoms with Crippen LogP contribution in [0.5, 0.6) is 0 Å². The largest absolute Gasteiger partial charge is 0.375 e. The van der Waals surface area contributed by atoms with Crippen molar-refractivity contribution in [1.29, 1.82) is 0 Å². The van der Waals surface area contributed by atoms with E-state index in [0.29, 0.717) is 25.5 Å². The maximum Gasteiger partial charge on any atom is 0.268 e. The highest BCUT2D eigenvalue weighted by molar-refractivity contribution is 5.90. The molecule has 3 atom stereocenters. The molecule has 9 heteroatoms. The second kappa shape index (κ2) is 7.75. The smallest absolute Gasteiger partial charge is 0.268 e. The van der Waals surface area contributed by atoms with Gasteiger partial charge < -0.3 is 20.3 Å². The molecule has 2 aliphatic heterocycles. The summed E-state index contributed by atoms with van der Waals surface area (Å²) < 4.78 is 18.9. The van der Waals surface area contributed by atoms with Gasteiger partial charge in [0.2, 0.25) is 5.91 Å². The molecule has 2 aromatic rings. The number of primary amides is 1. The monoisotopic (exact) mass is 399 g/mol. The van der Waals surface area contributed by atoms with Crippen LogP contribution in [-0.2, 0) is 9.53 Å². The van der Waals surface area contributed by atoms with Crippen molar-refractivity contribution in [1.82, 2.24) is 14.9 Å². The third-order valence-electron chi connectivity index (χ3n) is 5.64. The van der Waals surface area contributed by atoms with Crippen molar-refractivity contribution in [3.05, 3.63) is 53.7 Å². The Labute approximate surface area is 167 Å². The molecule has 2 fully saturated rings. The summed E-state index contributed by atoms with van der Waals surface area (Å²) in [6, 6.07) is 6.13. The van der Waals surface area contributed by atoms with E-state index in [2.05, 4.69) is 9.97 Å². The topological polar surface area (TPSA) is 102 Å². The van der Waals surface area contributed by atoms with Crippen molar-refractivity contribution in [3.8, 4) is 0 Å². The minimum Gasteiger partial charge on any atom is -0.375 e. The van der Waals surface area contributed by atoms with Crippen molar-refractivity contribution in [3.63, 3.8) is 0 Å². The van der Waals surface area contributed by atoms with Gasteiger partial charge in [0.15, 0.2) is 0 Å². The van der Waals surface area contributed by atoms with E-state index < -0.39 is 5.91 Å². The number of methoxy groups -OCH3 is 1. The van der Waals surface area contributed by atoms with Gasteiger partial charge in [-0.1, -0.05) is 12.1 Å². The maximum absolute atomic E-state index is 13.9. The number of carbonyl (C=O) groups excluding carboxylic acids is 2. The van der Waals surface area contributed by atoms with E-state index in [0.717, 1.165) is 5.56 Å². The molecule has 0 unspecified atom stereocenters. The third kappa shape index (κ3) is 3.65. The van der Waals surface area contributed by atoms with E-state index in [9.17, 15) is 14.0 Å². The number of carbonyl (C=O) groups is 2. The second-order valence-electron chi connectivity index (χ2n) is 7.43. The average molecular weight is 399 g/mol. The lowest BCUT2D eigenvalue weighted by atomic mass is 9.89. The molecule has 0 saturated carbocycles. The molecule has 152 valence electrons. The van der Waals surface area contributed by atoms with Crippen LogP contribution in [-0.4, -0.2) is 60.0 Å². The summed E-state index contributed by atoms with van der Waals surface area (Å²) in [7, 11) is 1.48. The second-order valence-corrected chi connectivity index (χ2v) is 7.43. The Bertz CT molecular complexity index is 940. The van der Waals surface area contributed by atoms with Gasteiger partial charge in [-0.2, -0.15) is 0 Å². The van der Waals surface area contributed by atoms with Crippen molar-refractivity contribution in [2.75, 3.05) is 38.3 Å². The number of benzene rings is 1. The first-order valence-electron chi connectivity index (χ1n) is 9.38. The van der Waals surface area contributed by atoms with Gasteiger partial charge in [0.1, 0.15) is 23.9 Å². The van der Waals surface area contributed by atoms with Gasteiger partial charge in [-0.3, -0.25) is 14.6 Å². The molecule has 3 heterocycles. The van der Waals surface area contributed by atoms with Crippen LogP contribution in [0.3, 0.4) is 0 Å². The third-order valence-corrected chi connectivity index (χ3v) is 5.64. The number of hydrogen-bond donors (Lipinski definition) is 1. The molecule has 8 nitrogen and oxygen atoms in total. The average Bonchev–Trinajstić information content (AvgIpc) is 3.26. The van der Waals surface area contributed by atoms with Gasteiger partial charge in [0, 0.05) is 38.6 Å². The Morgan fingerprint density at radius 1 is 1.28 bits per heavy atom. The van der Waals surface area contributed by atoms with E-state index in [-0.39, 0.29) is 41.9 Å². The number of nitrogens with zero attached hydrogens (tertiary/aromatic N) is 4. The summed E-state index contributed by atoms with van der Waals surface area (Å²) in [5.74, 6) is -0.228. The van der Waals surface area contributed by atoms with E-state index in [1.807, 2.05) is 11.0 Å². The number of hydrogen-bond acceptors (Lipinski definition) is 6. The summed E-state index contributed by atoms with van der Waals surface area (Å²) in [5.41, 5.74) is 6.19. The number of rotatable bonds is 5. The Morgan fingerprint density at radius 3 is 2.83 bits per heavy atom. The summed E-state index contributed by atoms with van der Waals surface area (Å²) >= 11 is 0. The van der Waals surface area contributed by atoms with Crippen LogP contribution >= 0.6 is 0 Å². The highest BCUT2D eigenvalue weighted by Gasteiger charge is 2.49. The minimum atomic E-state index is -0.632. The van der Waals surface area contributed by atoms with Gasteiger partial charge >= 0.3 is 0 Å². The van der Waals surface area contributed by atoms with E-state index in [1.165, 1.54) is 25.4 Å². The first kappa shape index (κ1) is 19.3. The highest BCUT2D eigenvalue weighted by atomic mass is 19.1. The van der Waals surface area contributed by atoms with Crippen LogP contribution in [0, 0.1) is 17.7 Å². The van der Waals surface area contributed by atoms with Crippen LogP contribution in [0.15, 0.2) is 36.7 Å². The first-order valence-corrected chi connectivity index (χ1v) is 9.38. The molecule has 4 rings (SSSR count). The molecular weight excluding hydrogens is 377 g/mol. The lowest BCUT2D eigenvalue weighted by Crippen LogP contribution is -2.37. The fourth-order valence-electron chi connectivity index (χ4n) is 4.44. The Morgan fingerprint density at radius 2 is 2.10 bits per heavy atom. The zero-order chi connectivity index (χ0) is 20.5. The maximum atomic E-state index is 13.9. The molecule has 2 saturated heterocycles. The number of nitrogens with two attached hydrogens (primary N) is 1. The predicted octanol–water partition coefficient (Wildman–Crippen LogP) is 0.997. The number of anilines is 1. The number of halogens is 1. The zero-order valence-electron chi connectivity index (χ0n) is 16.0. The molecule has 1 aromatic carbocycles. The number of fused-ring (bicyclic) bond motifs is 1. The van der Waals surface area contributed by atoms with Crippen LogP contribution in [0.1, 0.15) is 22.1 Å². The Hall–Kier alpha value is -3.07. The summed E-state index contributed by atoms with van der Waals surface area (Å²) in [4.78, 5) is 36.3. The Kier molecular flexibility index (Phi) is 5.14. The minimum absolute atomic E-state index is 0.0128. The van der Waals surface area contributed by atoms with Crippen molar-refractivity contribution in [2.24, 2.45) is 17.6 Å². The molecular formula is C20H22FN5O3. The standard InChI is InChI=1S/C20H22FN5O3/c1-29-11-18(27)26-9-13-8-25(17-7-23-6-16(24-17)20(22)28)10-15(13)19(26)12-3-2-4-14(21)5-12/h2-7,13,15,19H,8-11H2,1H3,(H2,22,28)/t13-,15-,19+/m1/s1. The van der Waals surface area contributed by atoms with Gasteiger partial charge in [-0.15, -0.1) is 0 Å². The normalized spacial score (nSPS) is 23.3. The molecule has 0 radical (unpaired) electrons. The zero-order valence-corrected chi connectivity index (χ0v) is 16.0. The molecule has 0 bridgehead atoms. The molecule has 2 aliphatic rings. The van der Waals surface area contributed by atoms with Gasteiger partial charge in [0.25, 0.3) is 5.91 Å². The number of amides is 2. The van der Waals surface area contributed by atoms with E-state index >= 15 is 0 Å². The van der Waals surface area contributed by atoms with E-state index in [4.69, 9.17) is 10.5 Å². The molecule has 2 amide bonds. The molecule has 2 N–H and O–H groups in total. The quantitative estimate of drug-likeness (QED) is 0.805. The number of likely N-dealkylation sites (tertiary alicyclic amines) is 1. The number of aromatic nitrogens is 2. The van der Waals surface area contributed by atoms with Gasteiger partial charge in [-0.25, -0.2) is 9.37 Å². The molecule has 1 aromatic heterocycles. The van der Waals surface area contributed by atoms with E-state index in [1.54, 1.807) is 17.2 Å². The van der Waals surface area contributed by atoms with Crippen LogP contribution in [0.4, 0.5) is 10.2 Å². The fraction of sp³-hybridized carbons (Fsp3) is 0.400. The van der Waals surface area contributed by atoms with Gasteiger partial charge in [-0.05, 0) is 17.7 Å². The first-order chi connectivity index (χ1) is 14.0. The van der Waals surface area contributed by atoms with Crippen LogP contribution in [0.2, 0.25) is 0 Å². The lowest BCUT2D eigenvalue weighted by Gasteiger charge is -2.30. The highest BCUT2D eigenvalue weighted by Crippen LogP contribution is 2.45. The summed E-state index contributed by atoms with van der Waals surface area (Å²) in [6.07, 6.45) is 2.93. The summed E-state index contributed by atoms with van der Waals surface area (Å²) in [5, 5.41) is 0. The fourth-order valence-corrected chi connectivity index (χ4v) is 4.44. The van der Waals surface area contributed by atoms with Gasteiger partial charge in [0.05, 0.1) is 18.4 Å². The van der Waals surface area contributed by atoms with Crippen molar-refractivity contribution >= 4 is 17.6 Å². The lowest BCUT2D eigenvalue weighted by molar-refractivity contribution is -0.136. The SMILES string of the molecule is COCC(=O)N1C[C@H]2CN(c3cncc(C(N)=O)n3)C[C@H]2[C@@H]1c1cccc(F)c1. The summed E-state index contributed by atoms with van der Waals surface area (Å²) in [6.45, 7) is 1.80. The van der Waals surface area contributed by atoms with Crippen molar-refractivity contribution in [2.45, 2.75) is 6.04 Å².